The van der Waals surface area contributed by atoms with Crippen molar-refractivity contribution in [3.8, 4) is 0 Å². The number of aromatic nitrogens is 1. The Morgan fingerprint density at radius 1 is 1.22 bits per heavy atom. The quantitative estimate of drug-likeness (QED) is 0.763. The van der Waals surface area contributed by atoms with Gasteiger partial charge in [0.25, 0.3) is 0 Å². The van der Waals surface area contributed by atoms with Crippen LogP contribution in [-0.2, 0) is 21.3 Å². The Kier molecular flexibility index (Phi) is 5.76. The third kappa shape index (κ3) is 4.45. The molecular weight excluding hydrogens is 366 g/mol. The van der Waals surface area contributed by atoms with E-state index in [9.17, 15) is 13.2 Å². The highest BCUT2D eigenvalue weighted by Crippen LogP contribution is 2.19. The topological polar surface area (TPSA) is 88.6 Å². The van der Waals surface area contributed by atoms with E-state index in [4.69, 9.17) is 0 Å². The monoisotopic (exact) mass is 389 g/mol. The van der Waals surface area contributed by atoms with Gasteiger partial charge in [-0.25, -0.2) is 22.9 Å². The number of hydrogen-bond acceptors (Lipinski definition) is 6. The maximum Gasteiger partial charge on any atom is 0.337 e. The molecule has 144 valence electrons. The summed E-state index contributed by atoms with van der Waals surface area (Å²) < 4.78 is 32.6. The SMILES string of the molecule is COC(=O)c1ccc(C)c(S(=O)(=O)NCc2ccc(N3CCCC3)nc2)c1. The van der Waals surface area contributed by atoms with Gasteiger partial charge >= 0.3 is 5.97 Å². The molecule has 0 radical (unpaired) electrons. The van der Waals surface area contributed by atoms with Crippen LogP contribution >= 0.6 is 0 Å². The molecule has 1 aliphatic heterocycles. The number of sulfonamides is 1. The molecule has 1 aromatic carbocycles. The molecule has 2 aromatic rings. The molecule has 0 aliphatic carbocycles. The highest BCUT2D eigenvalue weighted by molar-refractivity contribution is 7.89. The van der Waals surface area contributed by atoms with Crippen LogP contribution in [0.3, 0.4) is 0 Å². The van der Waals surface area contributed by atoms with Gasteiger partial charge in [0, 0.05) is 25.8 Å². The van der Waals surface area contributed by atoms with Crippen LogP contribution in [0.4, 0.5) is 5.82 Å². The number of carbonyl (C=O) groups is 1. The Balaban J connectivity index is 1.72. The molecule has 1 fully saturated rings. The normalized spacial score (nSPS) is 14.4. The molecule has 2 heterocycles. The van der Waals surface area contributed by atoms with Crippen LogP contribution in [0.25, 0.3) is 0 Å². The first kappa shape index (κ1) is 19.3. The molecule has 1 N–H and O–H groups in total. The van der Waals surface area contributed by atoms with Gasteiger partial charge in [-0.3, -0.25) is 0 Å². The second kappa shape index (κ2) is 8.06. The van der Waals surface area contributed by atoms with E-state index in [0.717, 1.165) is 24.5 Å². The Hall–Kier alpha value is -2.45. The van der Waals surface area contributed by atoms with Crippen molar-refractivity contribution in [1.29, 1.82) is 0 Å². The Morgan fingerprint density at radius 2 is 1.96 bits per heavy atom. The first-order valence-electron chi connectivity index (χ1n) is 8.79. The van der Waals surface area contributed by atoms with E-state index in [0.29, 0.717) is 5.56 Å². The lowest BCUT2D eigenvalue weighted by Gasteiger charge is -2.16. The van der Waals surface area contributed by atoms with Crippen LogP contribution < -0.4 is 9.62 Å². The lowest BCUT2D eigenvalue weighted by Crippen LogP contribution is -2.24. The summed E-state index contributed by atoms with van der Waals surface area (Å²) in [6.45, 7) is 3.82. The first-order chi connectivity index (χ1) is 12.9. The van der Waals surface area contributed by atoms with Gasteiger partial charge in [-0.05, 0) is 49.1 Å². The molecular formula is C19H23N3O4S. The fraction of sp³-hybridized carbons (Fsp3) is 0.368. The van der Waals surface area contributed by atoms with Gasteiger partial charge in [0.05, 0.1) is 17.6 Å². The average Bonchev–Trinajstić information content (AvgIpc) is 3.21. The molecule has 0 amide bonds. The van der Waals surface area contributed by atoms with Gasteiger partial charge in [0.1, 0.15) is 5.82 Å². The molecule has 8 heteroatoms. The largest absolute Gasteiger partial charge is 0.465 e. The van der Waals surface area contributed by atoms with Crippen molar-refractivity contribution in [2.24, 2.45) is 0 Å². The predicted molar refractivity (Wildman–Crippen MR) is 102 cm³/mol. The van der Waals surface area contributed by atoms with E-state index in [-0.39, 0.29) is 17.0 Å². The molecule has 3 rings (SSSR count). The lowest BCUT2D eigenvalue weighted by atomic mass is 10.1. The summed E-state index contributed by atoms with van der Waals surface area (Å²) in [5.74, 6) is 0.342. The van der Waals surface area contributed by atoms with E-state index in [1.54, 1.807) is 25.3 Å². The average molecular weight is 389 g/mol. The number of nitrogens with zero attached hydrogens (tertiary/aromatic N) is 2. The lowest BCUT2D eigenvalue weighted by molar-refractivity contribution is 0.0600. The fourth-order valence-electron chi connectivity index (χ4n) is 3.05. The van der Waals surface area contributed by atoms with Crippen LogP contribution in [0.5, 0.6) is 0 Å². The van der Waals surface area contributed by atoms with Gasteiger partial charge in [0.15, 0.2) is 0 Å². The Labute approximate surface area is 159 Å². The number of rotatable bonds is 6. The summed E-state index contributed by atoms with van der Waals surface area (Å²) in [5.41, 5.74) is 1.51. The Bertz CT molecular complexity index is 920. The summed E-state index contributed by atoms with van der Waals surface area (Å²) in [4.78, 5) is 18.4. The maximum atomic E-state index is 12.7. The smallest absolute Gasteiger partial charge is 0.337 e. The predicted octanol–water partition coefficient (Wildman–Crippen LogP) is 2.26. The van der Waals surface area contributed by atoms with E-state index in [1.165, 1.54) is 26.0 Å². The van der Waals surface area contributed by atoms with Crippen LogP contribution in [0.2, 0.25) is 0 Å². The molecule has 1 aromatic heterocycles. The van der Waals surface area contributed by atoms with Crippen LogP contribution in [0.15, 0.2) is 41.4 Å². The third-order valence-corrected chi connectivity index (χ3v) is 6.15. The number of carbonyl (C=O) groups excluding carboxylic acids is 1. The number of pyridine rings is 1. The second-order valence-corrected chi connectivity index (χ2v) is 8.25. The number of ether oxygens (including phenoxy) is 1. The van der Waals surface area contributed by atoms with Gasteiger partial charge in [-0.15, -0.1) is 0 Å². The number of methoxy groups -OCH3 is 1. The zero-order chi connectivity index (χ0) is 19.4. The summed E-state index contributed by atoms with van der Waals surface area (Å²) >= 11 is 0. The van der Waals surface area contributed by atoms with Crippen molar-refractivity contribution in [2.45, 2.75) is 31.2 Å². The van der Waals surface area contributed by atoms with E-state index < -0.39 is 16.0 Å². The number of esters is 1. The minimum atomic E-state index is -3.78. The summed E-state index contributed by atoms with van der Waals surface area (Å²) in [6, 6.07) is 8.26. The van der Waals surface area contributed by atoms with Crippen molar-refractivity contribution >= 4 is 21.8 Å². The molecule has 27 heavy (non-hydrogen) atoms. The first-order valence-corrected chi connectivity index (χ1v) is 10.3. The van der Waals surface area contributed by atoms with E-state index in [2.05, 4.69) is 19.3 Å². The molecule has 1 aliphatic rings. The van der Waals surface area contributed by atoms with Crippen molar-refractivity contribution in [1.82, 2.24) is 9.71 Å². The maximum absolute atomic E-state index is 12.7. The number of aryl methyl sites for hydroxylation is 1. The van der Waals surface area contributed by atoms with Crippen LogP contribution in [0, 0.1) is 6.92 Å². The number of anilines is 1. The van der Waals surface area contributed by atoms with Crippen LogP contribution in [-0.4, -0.2) is 39.6 Å². The fourth-order valence-corrected chi connectivity index (χ4v) is 4.33. The molecule has 0 saturated carbocycles. The van der Waals surface area contributed by atoms with E-state index in [1.807, 2.05) is 12.1 Å². The molecule has 0 unspecified atom stereocenters. The van der Waals surface area contributed by atoms with Gasteiger partial charge in [0.2, 0.25) is 10.0 Å². The minimum absolute atomic E-state index is 0.0621. The van der Waals surface area contributed by atoms with Crippen LogP contribution in [0.1, 0.15) is 34.3 Å². The van der Waals surface area contributed by atoms with Gasteiger partial charge < -0.3 is 9.64 Å². The van der Waals surface area contributed by atoms with Gasteiger partial charge in [-0.2, -0.15) is 0 Å². The summed E-state index contributed by atoms with van der Waals surface area (Å²) in [6.07, 6.45) is 4.04. The third-order valence-electron chi connectivity index (χ3n) is 4.60. The number of hydrogen-bond donors (Lipinski definition) is 1. The van der Waals surface area contributed by atoms with Crippen molar-refractivity contribution in [3.05, 3.63) is 53.2 Å². The minimum Gasteiger partial charge on any atom is -0.465 e. The standard InChI is InChI=1S/C19H23N3O4S/c1-14-5-7-16(19(23)26-2)11-17(14)27(24,25)21-13-15-6-8-18(20-12-15)22-9-3-4-10-22/h5-8,11-12,21H,3-4,9-10,13H2,1-2H3. The molecule has 0 atom stereocenters. The van der Waals surface area contributed by atoms with E-state index >= 15 is 0 Å². The molecule has 1 saturated heterocycles. The molecule has 0 spiro atoms. The zero-order valence-electron chi connectivity index (χ0n) is 15.4. The van der Waals surface area contributed by atoms with Crippen molar-refractivity contribution in [3.63, 3.8) is 0 Å². The second-order valence-electron chi connectivity index (χ2n) is 6.52. The number of benzene rings is 1. The van der Waals surface area contributed by atoms with Crippen molar-refractivity contribution in [2.75, 3.05) is 25.1 Å². The van der Waals surface area contributed by atoms with Crippen molar-refractivity contribution < 1.29 is 17.9 Å². The number of nitrogens with one attached hydrogen (secondary N) is 1. The highest BCUT2D eigenvalue weighted by Gasteiger charge is 2.19. The summed E-state index contributed by atoms with van der Waals surface area (Å²) in [5, 5.41) is 0. The summed E-state index contributed by atoms with van der Waals surface area (Å²) in [7, 11) is -2.52. The zero-order valence-corrected chi connectivity index (χ0v) is 16.3. The van der Waals surface area contributed by atoms with Gasteiger partial charge in [-0.1, -0.05) is 12.1 Å². The molecule has 0 bridgehead atoms. The Morgan fingerprint density at radius 3 is 2.59 bits per heavy atom. The molecule has 7 nitrogen and oxygen atoms in total. The highest BCUT2D eigenvalue weighted by atomic mass is 32.2.